The van der Waals surface area contributed by atoms with Crippen molar-refractivity contribution in [2.75, 3.05) is 0 Å². The third-order valence-electron chi connectivity index (χ3n) is 4.10. The standard InChI is InChI=1S/C16H17F2NO/c1-15(2)4-3-5-16(10-19,14(15)20)9-11-6-12(17)8-13(18)7-11/h6-8H,3-5,9H2,1-2H3. The van der Waals surface area contributed by atoms with Gasteiger partial charge in [0.05, 0.1) is 6.07 Å². The van der Waals surface area contributed by atoms with Gasteiger partial charge in [0.15, 0.2) is 5.78 Å². The molecule has 0 spiro atoms. The number of hydrogen-bond acceptors (Lipinski definition) is 2. The summed E-state index contributed by atoms with van der Waals surface area (Å²) in [5.41, 5.74) is -1.36. The SMILES string of the molecule is CC1(C)CCCC(C#N)(Cc2cc(F)cc(F)c2)C1=O. The van der Waals surface area contributed by atoms with E-state index in [4.69, 9.17) is 0 Å². The Morgan fingerprint density at radius 3 is 2.35 bits per heavy atom. The molecule has 1 aromatic carbocycles. The monoisotopic (exact) mass is 277 g/mol. The molecule has 0 amide bonds. The average Bonchev–Trinajstić information content (AvgIpc) is 2.34. The molecule has 0 saturated heterocycles. The van der Waals surface area contributed by atoms with Crippen LogP contribution >= 0.6 is 0 Å². The van der Waals surface area contributed by atoms with Gasteiger partial charge >= 0.3 is 0 Å². The van der Waals surface area contributed by atoms with Crippen molar-refractivity contribution < 1.29 is 13.6 Å². The van der Waals surface area contributed by atoms with Gasteiger partial charge in [-0.15, -0.1) is 0 Å². The summed E-state index contributed by atoms with van der Waals surface area (Å²) >= 11 is 0. The minimum atomic E-state index is -1.16. The number of Topliss-reactive ketones (excluding diaryl/α,β-unsaturated/α-hetero) is 1. The number of nitriles is 1. The first-order valence-corrected chi connectivity index (χ1v) is 6.70. The lowest BCUT2D eigenvalue weighted by molar-refractivity contribution is -0.138. The molecule has 2 rings (SSSR count). The fourth-order valence-electron chi connectivity index (χ4n) is 3.08. The van der Waals surface area contributed by atoms with Crippen LogP contribution in [0.3, 0.4) is 0 Å². The van der Waals surface area contributed by atoms with E-state index in [9.17, 15) is 18.8 Å². The van der Waals surface area contributed by atoms with E-state index in [1.54, 1.807) is 0 Å². The predicted octanol–water partition coefficient (Wildman–Crippen LogP) is 3.80. The van der Waals surface area contributed by atoms with Gasteiger partial charge in [0.2, 0.25) is 0 Å². The van der Waals surface area contributed by atoms with Crippen LogP contribution in [0.25, 0.3) is 0 Å². The maximum Gasteiger partial charge on any atom is 0.158 e. The average molecular weight is 277 g/mol. The summed E-state index contributed by atoms with van der Waals surface area (Å²) in [5, 5.41) is 9.49. The Kier molecular flexibility index (Phi) is 3.64. The molecule has 0 aromatic heterocycles. The van der Waals surface area contributed by atoms with E-state index in [-0.39, 0.29) is 12.2 Å². The first-order chi connectivity index (χ1) is 9.29. The second-order valence-electron chi connectivity index (χ2n) is 6.21. The minimum Gasteiger partial charge on any atom is -0.297 e. The van der Waals surface area contributed by atoms with Crippen molar-refractivity contribution in [1.82, 2.24) is 0 Å². The van der Waals surface area contributed by atoms with Gasteiger partial charge in [-0.2, -0.15) is 5.26 Å². The predicted molar refractivity (Wildman–Crippen MR) is 70.7 cm³/mol. The van der Waals surface area contributed by atoms with Crippen molar-refractivity contribution in [1.29, 1.82) is 5.26 Å². The molecule has 0 aliphatic heterocycles. The molecule has 1 fully saturated rings. The molecule has 1 unspecified atom stereocenters. The molecule has 1 aliphatic carbocycles. The lowest BCUT2D eigenvalue weighted by atomic mass is 9.61. The van der Waals surface area contributed by atoms with E-state index in [0.29, 0.717) is 12.0 Å². The summed E-state index contributed by atoms with van der Waals surface area (Å²) in [6, 6.07) is 5.29. The molecular formula is C16H17F2NO. The van der Waals surface area contributed by atoms with Gasteiger partial charge in [0, 0.05) is 11.5 Å². The van der Waals surface area contributed by atoms with Gasteiger partial charge in [-0.1, -0.05) is 20.3 Å². The minimum absolute atomic E-state index is 0.0699. The van der Waals surface area contributed by atoms with Crippen LogP contribution < -0.4 is 0 Å². The van der Waals surface area contributed by atoms with Gasteiger partial charge in [-0.05, 0) is 37.0 Å². The molecule has 2 nitrogen and oxygen atoms in total. The number of ketones is 1. The van der Waals surface area contributed by atoms with Crippen LogP contribution in [0.4, 0.5) is 8.78 Å². The highest BCUT2D eigenvalue weighted by molar-refractivity contribution is 5.93. The molecule has 1 aliphatic rings. The lowest BCUT2D eigenvalue weighted by Crippen LogP contribution is -2.45. The Balaban J connectivity index is 2.37. The van der Waals surface area contributed by atoms with Crippen LogP contribution in [0.2, 0.25) is 0 Å². The van der Waals surface area contributed by atoms with Crippen molar-refractivity contribution >= 4 is 5.78 Å². The summed E-state index contributed by atoms with van der Waals surface area (Å²) in [6.45, 7) is 3.65. The van der Waals surface area contributed by atoms with Crippen LogP contribution in [-0.2, 0) is 11.2 Å². The van der Waals surface area contributed by atoms with E-state index < -0.39 is 22.5 Å². The smallest absolute Gasteiger partial charge is 0.158 e. The Labute approximate surface area is 117 Å². The quantitative estimate of drug-likeness (QED) is 0.825. The first-order valence-electron chi connectivity index (χ1n) is 6.70. The lowest BCUT2D eigenvalue weighted by Gasteiger charge is -2.39. The number of benzene rings is 1. The zero-order valence-corrected chi connectivity index (χ0v) is 11.7. The molecule has 0 radical (unpaired) electrons. The Morgan fingerprint density at radius 1 is 1.20 bits per heavy atom. The molecule has 0 N–H and O–H groups in total. The number of halogens is 2. The molecule has 1 atom stereocenters. The molecule has 0 bridgehead atoms. The Morgan fingerprint density at radius 2 is 1.80 bits per heavy atom. The van der Waals surface area contributed by atoms with Crippen LogP contribution in [-0.4, -0.2) is 5.78 Å². The summed E-state index contributed by atoms with van der Waals surface area (Å²) in [5.74, 6) is -1.49. The zero-order chi connectivity index (χ0) is 15.0. The number of hydrogen-bond donors (Lipinski definition) is 0. The van der Waals surface area contributed by atoms with Gasteiger partial charge in [-0.3, -0.25) is 4.79 Å². The molecular weight excluding hydrogens is 260 g/mol. The highest BCUT2D eigenvalue weighted by Crippen LogP contribution is 2.44. The summed E-state index contributed by atoms with van der Waals surface area (Å²) in [4.78, 5) is 12.6. The fraction of sp³-hybridized carbons (Fsp3) is 0.500. The Hall–Kier alpha value is -1.76. The van der Waals surface area contributed by atoms with Crippen molar-refractivity contribution in [3.8, 4) is 6.07 Å². The topological polar surface area (TPSA) is 40.9 Å². The van der Waals surface area contributed by atoms with Crippen molar-refractivity contribution in [3.63, 3.8) is 0 Å². The van der Waals surface area contributed by atoms with Crippen molar-refractivity contribution in [2.24, 2.45) is 10.8 Å². The third kappa shape index (κ3) is 2.58. The largest absolute Gasteiger partial charge is 0.297 e. The second-order valence-corrected chi connectivity index (χ2v) is 6.21. The molecule has 1 saturated carbocycles. The normalized spacial score (nSPS) is 25.2. The first kappa shape index (κ1) is 14.6. The second kappa shape index (κ2) is 4.97. The number of carbonyl (C=O) groups is 1. The molecule has 1 aromatic rings. The molecule has 4 heteroatoms. The van der Waals surface area contributed by atoms with Crippen LogP contribution in [0.15, 0.2) is 18.2 Å². The molecule has 106 valence electrons. The van der Waals surface area contributed by atoms with Gasteiger partial charge in [-0.25, -0.2) is 8.78 Å². The van der Waals surface area contributed by atoms with Crippen LogP contribution in [0.1, 0.15) is 38.7 Å². The highest BCUT2D eigenvalue weighted by atomic mass is 19.1. The molecule has 20 heavy (non-hydrogen) atoms. The molecule has 0 heterocycles. The zero-order valence-electron chi connectivity index (χ0n) is 11.7. The van der Waals surface area contributed by atoms with Gasteiger partial charge < -0.3 is 0 Å². The van der Waals surface area contributed by atoms with E-state index >= 15 is 0 Å². The van der Waals surface area contributed by atoms with E-state index in [2.05, 4.69) is 6.07 Å². The fourth-order valence-corrected chi connectivity index (χ4v) is 3.08. The maximum atomic E-state index is 13.3. The number of carbonyl (C=O) groups excluding carboxylic acids is 1. The Bertz CT molecular complexity index is 568. The maximum absolute atomic E-state index is 13.3. The summed E-state index contributed by atoms with van der Waals surface area (Å²) in [7, 11) is 0. The van der Waals surface area contributed by atoms with Crippen molar-refractivity contribution in [2.45, 2.75) is 39.5 Å². The highest BCUT2D eigenvalue weighted by Gasteiger charge is 2.49. The van der Waals surface area contributed by atoms with E-state index in [1.165, 1.54) is 12.1 Å². The summed E-state index contributed by atoms with van der Waals surface area (Å²) in [6.07, 6.45) is 2.03. The number of rotatable bonds is 2. The van der Waals surface area contributed by atoms with Gasteiger partial charge in [0.25, 0.3) is 0 Å². The third-order valence-corrected chi connectivity index (χ3v) is 4.10. The summed E-state index contributed by atoms with van der Waals surface area (Å²) < 4.78 is 26.5. The van der Waals surface area contributed by atoms with Crippen LogP contribution in [0, 0.1) is 33.8 Å². The van der Waals surface area contributed by atoms with Crippen molar-refractivity contribution in [3.05, 3.63) is 35.4 Å². The van der Waals surface area contributed by atoms with Crippen LogP contribution in [0.5, 0.6) is 0 Å². The van der Waals surface area contributed by atoms with Gasteiger partial charge in [0.1, 0.15) is 17.0 Å². The van der Waals surface area contributed by atoms with E-state index in [0.717, 1.165) is 18.9 Å². The van der Waals surface area contributed by atoms with E-state index in [1.807, 2.05) is 13.8 Å². The number of nitrogens with zero attached hydrogens (tertiary/aromatic N) is 1.